The van der Waals surface area contributed by atoms with Gasteiger partial charge >= 0.3 is 0 Å². The van der Waals surface area contributed by atoms with E-state index in [0.29, 0.717) is 0 Å². The Morgan fingerprint density at radius 2 is 2.13 bits per heavy atom. The highest BCUT2D eigenvalue weighted by molar-refractivity contribution is 14.0. The first-order chi connectivity index (χ1) is 10.6. The zero-order valence-corrected chi connectivity index (χ0v) is 18.0. The highest BCUT2D eigenvalue weighted by Gasteiger charge is 2.12. The average molecular weight is 500 g/mol. The molecule has 0 aliphatic carbocycles. The van der Waals surface area contributed by atoms with E-state index in [4.69, 9.17) is 4.74 Å². The molecule has 1 N–H and O–H groups in total. The van der Waals surface area contributed by atoms with Gasteiger partial charge in [-0.2, -0.15) is 0 Å². The molecule has 0 spiro atoms. The smallest absolute Gasteiger partial charge is 0.193 e. The van der Waals surface area contributed by atoms with E-state index in [0.717, 1.165) is 56.4 Å². The Morgan fingerprint density at radius 1 is 1.43 bits per heavy atom. The normalized spacial score (nSPS) is 16.1. The van der Waals surface area contributed by atoms with Crippen LogP contribution in [0.5, 0.6) is 0 Å². The first-order valence-electron chi connectivity index (χ1n) is 7.63. The monoisotopic (exact) mass is 499 g/mol. The molecule has 1 aliphatic heterocycles. The molecule has 1 aromatic rings. The van der Waals surface area contributed by atoms with Crippen molar-refractivity contribution in [3.8, 4) is 0 Å². The summed E-state index contributed by atoms with van der Waals surface area (Å²) >= 11 is 3.51. The van der Waals surface area contributed by atoms with Crippen molar-refractivity contribution in [2.24, 2.45) is 12.0 Å². The summed E-state index contributed by atoms with van der Waals surface area (Å²) in [7, 11) is 5.95. The van der Waals surface area contributed by atoms with Gasteiger partial charge in [-0.1, -0.05) is 0 Å². The first-order valence-corrected chi connectivity index (χ1v) is 8.42. The predicted octanol–water partition coefficient (Wildman–Crippen LogP) is 1.75. The molecular formula is C15H27BrIN5O. The second kappa shape index (κ2) is 10.5. The Bertz CT molecular complexity index is 502. The van der Waals surface area contributed by atoms with Crippen LogP contribution in [0, 0.1) is 0 Å². The lowest BCUT2D eigenvalue weighted by Crippen LogP contribution is -2.44. The molecule has 0 saturated carbocycles. The summed E-state index contributed by atoms with van der Waals surface area (Å²) in [6.45, 7) is 6.47. The largest absolute Gasteiger partial charge is 0.379 e. The number of hydrogen-bond donors (Lipinski definition) is 1. The zero-order chi connectivity index (χ0) is 15.9. The molecule has 0 bridgehead atoms. The third kappa shape index (κ3) is 6.60. The highest BCUT2D eigenvalue weighted by Crippen LogP contribution is 2.14. The summed E-state index contributed by atoms with van der Waals surface area (Å²) in [6, 6.07) is 2.14. The lowest BCUT2D eigenvalue weighted by atomic mass is 10.4. The Labute approximate surface area is 164 Å². The third-order valence-corrected chi connectivity index (χ3v) is 4.30. The topological polar surface area (TPSA) is 45.0 Å². The van der Waals surface area contributed by atoms with Crippen LogP contribution in [0.25, 0.3) is 0 Å². The summed E-state index contributed by atoms with van der Waals surface area (Å²) in [4.78, 5) is 8.93. The second-order valence-electron chi connectivity index (χ2n) is 5.54. The predicted molar refractivity (Wildman–Crippen MR) is 109 cm³/mol. The molecule has 1 fully saturated rings. The quantitative estimate of drug-likeness (QED) is 0.381. The summed E-state index contributed by atoms with van der Waals surface area (Å²) in [6.07, 6.45) is 2.07. The van der Waals surface area contributed by atoms with Crippen molar-refractivity contribution in [3.63, 3.8) is 0 Å². The Balaban J connectivity index is 0.00000264. The van der Waals surface area contributed by atoms with E-state index in [1.165, 1.54) is 5.69 Å². The number of ether oxygens (including phenoxy) is 1. The van der Waals surface area contributed by atoms with Crippen LogP contribution in [0.15, 0.2) is 21.7 Å². The number of nitrogens with one attached hydrogen (secondary N) is 1. The molecule has 1 aromatic heterocycles. The maximum atomic E-state index is 5.37. The van der Waals surface area contributed by atoms with Crippen molar-refractivity contribution in [3.05, 3.63) is 22.4 Å². The van der Waals surface area contributed by atoms with Crippen LogP contribution in [-0.4, -0.2) is 73.8 Å². The fourth-order valence-corrected chi connectivity index (χ4v) is 3.15. The molecule has 0 amide bonds. The minimum absolute atomic E-state index is 0. The van der Waals surface area contributed by atoms with Crippen molar-refractivity contribution in [2.45, 2.75) is 6.54 Å². The van der Waals surface area contributed by atoms with Gasteiger partial charge in [-0.25, -0.2) is 0 Å². The molecule has 0 radical (unpaired) electrons. The molecule has 23 heavy (non-hydrogen) atoms. The average Bonchev–Trinajstić information content (AvgIpc) is 2.82. The van der Waals surface area contributed by atoms with E-state index in [2.05, 4.69) is 67.0 Å². The number of guanidine groups is 1. The zero-order valence-electron chi connectivity index (χ0n) is 14.1. The van der Waals surface area contributed by atoms with Crippen molar-refractivity contribution in [1.82, 2.24) is 19.7 Å². The Kier molecular flexibility index (Phi) is 9.48. The summed E-state index contributed by atoms with van der Waals surface area (Å²) in [5.74, 6) is 0.922. The van der Waals surface area contributed by atoms with Crippen molar-refractivity contribution in [2.75, 3.05) is 53.5 Å². The van der Waals surface area contributed by atoms with Crippen molar-refractivity contribution >= 4 is 45.9 Å². The van der Waals surface area contributed by atoms with Gasteiger partial charge in [-0.3, -0.25) is 9.89 Å². The van der Waals surface area contributed by atoms with Gasteiger partial charge in [-0.05, 0) is 22.0 Å². The summed E-state index contributed by atoms with van der Waals surface area (Å²) in [5, 5.41) is 3.44. The highest BCUT2D eigenvalue weighted by atomic mass is 127. The van der Waals surface area contributed by atoms with Crippen LogP contribution >= 0.6 is 39.9 Å². The molecule has 2 heterocycles. The van der Waals surface area contributed by atoms with Gasteiger partial charge in [0.05, 0.1) is 19.8 Å². The van der Waals surface area contributed by atoms with Crippen LogP contribution in [0.3, 0.4) is 0 Å². The number of aromatic nitrogens is 1. The van der Waals surface area contributed by atoms with Gasteiger partial charge < -0.3 is 19.5 Å². The van der Waals surface area contributed by atoms with Gasteiger partial charge in [0, 0.05) is 63.7 Å². The Morgan fingerprint density at radius 3 is 2.70 bits per heavy atom. The fraction of sp³-hybridized carbons (Fsp3) is 0.667. The molecule has 8 heteroatoms. The number of rotatable bonds is 5. The number of morpholine rings is 1. The molecule has 132 valence electrons. The van der Waals surface area contributed by atoms with E-state index in [9.17, 15) is 0 Å². The maximum absolute atomic E-state index is 5.37. The SMILES string of the molecule is CN=C(NCCN1CCOCC1)N(C)Cc1cc(Br)cn1C.I. The number of aryl methyl sites for hydroxylation is 1. The van der Waals surface area contributed by atoms with E-state index in [-0.39, 0.29) is 24.0 Å². The Hall–Kier alpha value is -0.320. The fourth-order valence-electron chi connectivity index (χ4n) is 2.58. The van der Waals surface area contributed by atoms with Crippen LogP contribution in [0.1, 0.15) is 5.69 Å². The molecule has 0 unspecified atom stereocenters. The first kappa shape index (κ1) is 20.7. The second-order valence-corrected chi connectivity index (χ2v) is 6.46. The molecule has 0 atom stereocenters. The minimum atomic E-state index is 0. The van der Waals surface area contributed by atoms with Crippen LogP contribution in [-0.2, 0) is 18.3 Å². The molecule has 1 aliphatic rings. The van der Waals surface area contributed by atoms with Gasteiger partial charge in [0.2, 0.25) is 0 Å². The molecular weight excluding hydrogens is 473 g/mol. The molecule has 1 saturated heterocycles. The van der Waals surface area contributed by atoms with Gasteiger partial charge in [0.1, 0.15) is 0 Å². The van der Waals surface area contributed by atoms with E-state index in [1.54, 1.807) is 0 Å². The van der Waals surface area contributed by atoms with Gasteiger partial charge in [-0.15, -0.1) is 24.0 Å². The van der Waals surface area contributed by atoms with Crippen LogP contribution in [0.4, 0.5) is 0 Å². The van der Waals surface area contributed by atoms with E-state index < -0.39 is 0 Å². The molecule has 0 aromatic carbocycles. The van der Waals surface area contributed by atoms with Gasteiger partial charge in [0.15, 0.2) is 5.96 Å². The minimum Gasteiger partial charge on any atom is -0.379 e. The molecule has 6 nitrogen and oxygen atoms in total. The summed E-state index contributed by atoms with van der Waals surface area (Å²) in [5.41, 5.74) is 1.24. The van der Waals surface area contributed by atoms with E-state index >= 15 is 0 Å². The number of nitrogens with zero attached hydrogens (tertiary/aromatic N) is 4. The van der Waals surface area contributed by atoms with Crippen molar-refractivity contribution < 1.29 is 4.74 Å². The lowest BCUT2D eigenvalue weighted by Gasteiger charge is -2.28. The summed E-state index contributed by atoms with van der Waals surface area (Å²) < 4.78 is 8.60. The maximum Gasteiger partial charge on any atom is 0.193 e. The number of hydrogen-bond acceptors (Lipinski definition) is 3. The van der Waals surface area contributed by atoms with E-state index in [1.807, 2.05) is 7.05 Å². The van der Waals surface area contributed by atoms with Crippen LogP contribution < -0.4 is 5.32 Å². The number of aliphatic imine (C=N–C) groups is 1. The third-order valence-electron chi connectivity index (χ3n) is 3.86. The lowest BCUT2D eigenvalue weighted by molar-refractivity contribution is 0.0388. The standard InChI is InChI=1S/C15H26BrN5O.HI/c1-17-15(18-4-5-21-6-8-22-9-7-21)20(3)12-14-10-13(16)11-19(14)2;/h10-11H,4-9,12H2,1-3H3,(H,17,18);1H. The molecule has 2 rings (SSSR count). The van der Waals surface area contributed by atoms with Gasteiger partial charge in [0.25, 0.3) is 0 Å². The van der Waals surface area contributed by atoms with Crippen LogP contribution in [0.2, 0.25) is 0 Å². The van der Waals surface area contributed by atoms with Crippen molar-refractivity contribution in [1.29, 1.82) is 0 Å². The number of halogens is 2.